The summed E-state index contributed by atoms with van der Waals surface area (Å²) in [6, 6.07) is -0.762. The maximum absolute atomic E-state index is 10.0. The zero-order chi connectivity index (χ0) is 13.3. The summed E-state index contributed by atoms with van der Waals surface area (Å²) in [5.41, 5.74) is 8.59. The van der Waals surface area contributed by atoms with Gasteiger partial charge in [0.15, 0.2) is 12.1 Å². The molecular weight excluding hydrogens is 242 g/mol. The maximum Gasteiger partial charge on any atom is 0.184 e. The first-order chi connectivity index (χ1) is 8.48. The number of ether oxygens (including phenoxy) is 4. The van der Waals surface area contributed by atoms with E-state index in [9.17, 15) is 5.11 Å². The molecule has 2 aliphatic rings. The molecule has 0 radical (unpaired) electrons. The summed E-state index contributed by atoms with van der Waals surface area (Å²) >= 11 is 0. The van der Waals surface area contributed by atoms with Crippen molar-refractivity contribution in [3.63, 3.8) is 0 Å². The molecule has 8 heteroatoms. The Balaban J connectivity index is 2.23. The molecule has 2 heterocycles. The fourth-order valence-electron chi connectivity index (χ4n) is 2.22. The molecule has 0 saturated carbocycles. The van der Waals surface area contributed by atoms with Crippen LogP contribution in [0.3, 0.4) is 0 Å². The van der Waals surface area contributed by atoms with Crippen molar-refractivity contribution in [2.24, 2.45) is 5.11 Å². The summed E-state index contributed by atoms with van der Waals surface area (Å²) in [7, 11) is 1.41. The lowest BCUT2D eigenvalue weighted by Gasteiger charge is -2.48. The third-order valence-electron chi connectivity index (χ3n) is 3.07. The lowest BCUT2D eigenvalue weighted by Crippen LogP contribution is -2.64. The molecular formula is C10H17N3O5. The van der Waals surface area contributed by atoms with E-state index in [4.69, 9.17) is 24.5 Å². The normalized spacial score (nSPS) is 42.8. The second-order valence-corrected chi connectivity index (χ2v) is 4.76. The Morgan fingerprint density at radius 1 is 1.50 bits per heavy atom. The van der Waals surface area contributed by atoms with Gasteiger partial charge in [-0.2, -0.15) is 0 Å². The highest BCUT2D eigenvalue weighted by Crippen LogP contribution is 2.33. The van der Waals surface area contributed by atoms with E-state index in [1.54, 1.807) is 13.8 Å². The minimum absolute atomic E-state index is 0.293. The lowest BCUT2D eigenvalue weighted by molar-refractivity contribution is -0.362. The minimum Gasteiger partial charge on any atom is -0.387 e. The van der Waals surface area contributed by atoms with E-state index in [1.807, 2.05) is 0 Å². The summed E-state index contributed by atoms with van der Waals surface area (Å²) in [5, 5.41) is 13.6. The monoisotopic (exact) mass is 259 g/mol. The highest BCUT2D eigenvalue weighted by atomic mass is 16.8. The second-order valence-electron chi connectivity index (χ2n) is 4.76. The highest BCUT2D eigenvalue weighted by molar-refractivity contribution is 4.97. The van der Waals surface area contributed by atoms with E-state index in [-0.39, 0.29) is 0 Å². The minimum atomic E-state index is -1.07. The predicted molar refractivity (Wildman–Crippen MR) is 59.5 cm³/mol. The Bertz CT molecular complexity index is 357. The predicted octanol–water partition coefficient (Wildman–Crippen LogP) is 0.549. The lowest BCUT2D eigenvalue weighted by atomic mass is 9.95. The molecule has 0 aromatic rings. The Labute approximate surface area is 104 Å². The molecule has 102 valence electrons. The van der Waals surface area contributed by atoms with E-state index >= 15 is 0 Å². The Kier molecular flexibility index (Phi) is 3.76. The molecule has 0 aromatic carbocycles. The number of methoxy groups -OCH3 is 1. The van der Waals surface area contributed by atoms with E-state index in [1.165, 1.54) is 7.11 Å². The summed E-state index contributed by atoms with van der Waals surface area (Å²) in [6.07, 6.45) is -2.90. The molecule has 2 rings (SSSR count). The Morgan fingerprint density at radius 2 is 2.22 bits per heavy atom. The van der Waals surface area contributed by atoms with Crippen molar-refractivity contribution < 1.29 is 24.1 Å². The molecule has 0 spiro atoms. The number of azide groups is 1. The second kappa shape index (κ2) is 5.00. The van der Waals surface area contributed by atoms with Gasteiger partial charge < -0.3 is 24.1 Å². The van der Waals surface area contributed by atoms with Crippen molar-refractivity contribution >= 4 is 0 Å². The average molecular weight is 259 g/mol. The summed E-state index contributed by atoms with van der Waals surface area (Å²) < 4.78 is 21.7. The molecule has 1 N–H and O–H groups in total. The van der Waals surface area contributed by atoms with Gasteiger partial charge in [-0.3, -0.25) is 0 Å². The number of aliphatic hydroxyl groups excluding tert-OH is 1. The van der Waals surface area contributed by atoms with Gasteiger partial charge in [-0.05, 0) is 19.4 Å². The van der Waals surface area contributed by atoms with Crippen molar-refractivity contribution in [2.75, 3.05) is 13.7 Å². The molecule has 2 saturated heterocycles. The highest BCUT2D eigenvalue weighted by Gasteiger charge is 2.50. The number of nitrogens with zero attached hydrogens (tertiary/aromatic N) is 3. The van der Waals surface area contributed by atoms with Crippen LogP contribution in [-0.4, -0.2) is 55.3 Å². The molecule has 0 aromatic heterocycles. The van der Waals surface area contributed by atoms with Crippen LogP contribution in [0.25, 0.3) is 10.4 Å². The van der Waals surface area contributed by atoms with Crippen molar-refractivity contribution in [3.05, 3.63) is 10.4 Å². The van der Waals surface area contributed by atoms with Crippen molar-refractivity contribution in [2.45, 2.75) is 50.3 Å². The van der Waals surface area contributed by atoms with Gasteiger partial charge in [-0.25, -0.2) is 0 Å². The van der Waals surface area contributed by atoms with Crippen LogP contribution < -0.4 is 0 Å². The van der Waals surface area contributed by atoms with E-state index in [0.717, 1.165) is 0 Å². The summed E-state index contributed by atoms with van der Waals surface area (Å²) in [6.45, 7) is 3.80. The Hall–Kier alpha value is -0.890. The molecule has 2 aliphatic heterocycles. The first-order valence-corrected chi connectivity index (χ1v) is 5.71. The standard InChI is InChI=1S/C10H17N3O5/c1-10(2)16-4-5-8(18-10)6(12-13-11)7(14)9(15-3)17-5/h5-9,14H,4H2,1-3H3/t5?,6-,7?,8?,9-/m1/s1. The summed E-state index contributed by atoms with van der Waals surface area (Å²) in [4.78, 5) is 2.75. The van der Waals surface area contributed by atoms with Gasteiger partial charge in [0.05, 0.1) is 12.6 Å². The number of aliphatic hydroxyl groups is 1. The van der Waals surface area contributed by atoms with Crippen molar-refractivity contribution in [3.8, 4) is 0 Å². The zero-order valence-corrected chi connectivity index (χ0v) is 10.5. The Morgan fingerprint density at radius 3 is 2.83 bits per heavy atom. The number of hydrogen-bond donors (Lipinski definition) is 1. The molecule has 18 heavy (non-hydrogen) atoms. The zero-order valence-electron chi connectivity index (χ0n) is 10.5. The van der Waals surface area contributed by atoms with Crippen LogP contribution in [-0.2, 0) is 18.9 Å². The van der Waals surface area contributed by atoms with E-state index in [2.05, 4.69) is 10.0 Å². The van der Waals surface area contributed by atoms with Gasteiger partial charge in [0, 0.05) is 12.0 Å². The topological polar surface area (TPSA) is 106 Å². The fraction of sp³-hybridized carbons (Fsp3) is 1.00. The molecule has 3 unspecified atom stereocenters. The molecule has 2 fully saturated rings. The van der Waals surface area contributed by atoms with Crippen LogP contribution in [0.15, 0.2) is 5.11 Å². The molecule has 0 aliphatic carbocycles. The third kappa shape index (κ3) is 2.44. The van der Waals surface area contributed by atoms with Gasteiger partial charge in [-0.15, -0.1) is 0 Å². The van der Waals surface area contributed by atoms with Gasteiger partial charge in [0.1, 0.15) is 18.3 Å². The number of fused-ring (bicyclic) bond motifs is 1. The smallest absolute Gasteiger partial charge is 0.184 e. The van der Waals surface area contributed by atoms with Crippen LogP contribution in [0.1, 0.15) is 13.8 Å². The first-order valence-electron chi connectivity index (χ1n) is 5.71. The average Bonchev–Trinajstić information content (AvgIpc) is 2.32. The molecule has 5 atom stereocenters. The van der Waals surface area contributed by atoms with Crippen LogP contribution in [0.5, 0.6) is 0 Å². The SMILES string of the molecule is CO[C@@H]1OC2COC(C)(C)OC2[C@H](N=[N+]=[N-])C1O. The quantitative estimate of drug-likeness (QED) is 0.443. The van der Waals surface area contributed by atoms with Crippen LogP contribution >= 0.6 is 0 Å². The van der Waals surface area contributed by atoms with E-state index < -0.39 is 36.4 Å². The van der Waals surface area contributed by atoms with E-state index in [0.29, 0.717) is 6.61 Å². The molecule has 8 nitrogen and oxygen atoms in total. The number of rotatable bonds is 2. The molecule has 0 bridgehead atoms. The third-order valence-corrected chi connectivity index (χ3v) is 3.07. The van der Waals surface area contributed by atoms with Gasteiger partial charge >= 0.3 is 0 Å². The van der Waals surface area contributed by atoms with Gasteiger partial charge in [0.25, 0.3) is 0 Å². The van der Waals surface area contributed by atoms with Gasteiger partial charge in [-0.1, -0.05) is 5.11 Å². The van der Waals surface area contributed by atoms with Gasteiger partial charge in [0.2, 0.25) is 0 Å². The van der Waals surface area contributed by atoms with Crippen LogP contribution in [0.4, 0.5) is 0 Å². The van der Waals surface area contributed by atoms with Crippen LogP contribution in [0.2, 0.25) is 0 Å². The molecule has 0 amide bonds. The first kappa shape index (κ1) is 13.5. The number of hydrogen-bond acceptors (Lipinski definition) is 6. The largest absolute Gasteiger partial charge is 0.387 e. The van der Waals surface area contributed by atoms with Crippen molar-refractivity contribution in [1.82, 2.24) is 0 Å². The maximum atomic E-state index is 10.0. The fourth-order valence-corrected chi connectivity index (χ4v) is 2.22. The van der Waals surface area contributed by atoms with Crippen molar-refractivity contribution in [1.29, 1.82) is 0 Å². The summed E-state index contributed by atoms with van der Waals surface area (Å²) in [5.74, 6) is -0.798. The van der Waals surface area contributed by atoms with Crippen LogP contribution in [0, 0.1) is 0 Å².